The average Bonchev–Trinajstić information content (AvgIpc) is 2.91. The number of aromatic nitrogens is 1. The van der Waals surface area contributed by atoms with Crippen molar-refractivity contribution in [1.82, 2.24) is 4.98 Å². The lowest BCUT2D eigenvalue weighted by Gasteiger charge is -2.48. The van der Waals surface area contributed by atoms with E-state index in [2.05, 4.69) is 41.4 Å². The highest BCUT2D eigenvalue weighted by Crippen LogP contribution is 2.51. The third-order valence-electron chi connectivity index (χ3n) is 5.54. The summed E-state index contributed by atoms with van der Waals surface area (Å²) in [6.07, 6.45) is 7.03. The summed E-state index contributed by atoms with van der Waals surface area (Å²) >= 11 is 0. The van der Waals surface area contributed by atoms with Gasteiger partial charge in [-0.1, -0.05) is 42.8 Å². The molecular formula is C19H21NO. The number of aliphatic hydroxyl groups excluding tert-OH is 1. The Labute approximate surface area is 125 Å². The average molecular weight is 279 g/mol. The highest BCUT2D eigenvalue weighted by atomic mass is 16.3. The molecule has 4 rings (SSSR count). The van der Waals surface area contributed by atoms with Crippen LogP contribution in [0.2, 0.25) is 0 Å². The summed E-state index contributed by atoms with van der Waals surface area (Å²) in [6.45, 7) is 0. The van der Waals surface area contributed by atoms with Gasteiger partial charge >= 0.3 is 0 Å². The number of rotatable bonds is 3. The van der Waals surface area contributed by atoms with Gasteiger partial charge in [0.25, 0.3) is 0 Å². The minimum Gasteiger partial charge on any atom is -0.392 e. The van der Waals surface area contributed by atoms with E-state index in [0.29, 0.717) is 0 Å². The Balaban J connectivity index is 1.70. The molecule has 0 aliphatic heterocycles. The van der Waals surface area contributed by atoms with Crippen LogP contribution in [-0.4, -0.2) is 16.2 Å². The number of benzene rings is 1. The van der Waals surface area contributed by atoms with Crippen molar-refractivity contribution in [2.45, 2.75) is 49.5 Å². The van der Waals surface area contributed by atoms with Crippen LogP contribution in [0.5, 0.6) is 0 Å². The van der Waals surface area contributed by atoms with Gasteiger partial charge in [-0.25, -0.2) is 0 Å². The van der Waals surface area contributed by atoms with E-state index in [1.807, 2.05) is 12.3 Å². The molecule has 1 fully saturated rings. The maximum atomic E-state index is 11.2. The largest absolute Gasteiger partial charge is 0.392 e. The summed E-state index contributed by atoms with van der Waals surface area (Å²) in [4.78, 5) is 4.57. The van der Waals surface area contributed by atoms with Gasteiger partial charge in [-0.2, -0.15) is 0 Å². The molecule has 0 bridgehead atoms. The Hall–Kier alpha value is -1.67. The molecule has 2 aromatic rings. The molecule has 1 aromatic heterocycles. The van der Waals surface area contributed by atoms with Crippen molar-refractivity contribution in [1.29, 1.82) is 0 Å². The van der Waals surface area contributed by atoms with E-state index in [9.17, 15) is 5.11 Å². The van der Waals surface area contributed by atoms with E-state index in [1.54, 1.807) is 0 Å². The van der Waals surface area contributed by atoms with Gasteiger partial charge in [0, 0.05) is 23.2 Å². The smallest absolute Gasteiger partial charge is 0.0720 e. The van der Waals surface area contributed by atoms with Gasteiger partial charge in [-0.15, -0.1) is 0 Å². The highest BCUT2D eigenvalue weighted by molar-refractivity contribution is 5.36. The molecule has 2 aliphatic carbocycles. The van der Waals surface area contributed by atoms with Gasteiger partial charge in [-0.3, -0.25) is 4.98 Å². The summed E-state index contributed by atoms with van der Waals surface area (Å²) in [5.41, 5.74) is 3.70. The molecule has 0 radical (unpaired) electrons. The van der Waals surface area contributed by atoms with E-state index < -0.39 is 0 Å². The lowest BCUT2D eigenvalue weighted by Crippen LogP contribution is -2.48. The van der Waals surface area contributed by atoms with E-state index in [1.165, 1.54) is 17.5 Å². The second-order valence-corrected chi connectivity index (χ2v) is 6.51. The first kappa shape index (κ1) is 13.0. The number of pyridine rings is 1. The Morgan fingerprint density at radius 3 is 2.62 bits per heavy atom. The Morgan fingerprint density at radius 1 is 1.10 bits per heavy atom. The standard InChI is InChI=1S/C19H21NO/c21-18(16-10-9-14-6-4-13-20-17(14)16)19(11-5-12-19)15-7-2-1-3-8-15/h1-4,6-8,13,16,18,21H,5,9-12H2. The van der Waals surface area contributed by atoms with Crippen LogP contribution in [0.3, 0.4) is 0 Å². The number of aliphatic hydroxyl groups is 1. The zero-order valence-corrected chi connectivity index (χ0v) is 12.2. The number of nitrogens with zero attached hydrogens (tertiary/aromatic N) is 1. The molecule has 1 saturated carbocycles. The van der Waals surface area contributed by atoms with E-state index >= 15 is 0 Å². The van der Waals surface area contributed by atoms with Crippen molar-refractivity contribution in [2.24, 2.45) is 0 Å². The van der Waals surface area contributed by atoms with Crippen molar-refractivity contribution in [3.63, 3.8) is 0 Å². The van der Waals surface area contributed by atoms with Crippen molar-refractivity contribution in [3.05, 3.63) is 65.5 Å². The molecule has 0 amide bonds. The van der Waals surface area contributed by atoms with Gasteiger partial charge in [0.1, 0.15) is 0 Å². The van der Waals surface area contributed by atoms with Crippen LogP contribution in [-0.2, 0) is 11.8 Å². The van der Waals surface area contributed by atoms with Crippen LogP contribution in [0.4, 0.5) is 0 Å². The monoisotopic (exact) mass is 279 g/mol. The van der Waals surface area contributed by atoms with Crippen molar-refractivity contribution >= 4 is 0 Å². The molecular weight excluding hydrogens is 258 g/mol. The Morgan fingerprint density at radius 2 is 1.90 bits per heavy atom. The van der Waals surface area contributed by atoms with Crippen LogP contribution < -0.4 is 0 Å². The Bertz CT molecular complexity index is 633. The lowest BCUT2D eigenvalue weighted by molar-refractivity contribution is 0.00763. The van der Waals surface area contributed by atoms with Crippen LogP contribution in [0.25, 0.3) is 0 Å². The second-order valence-electron chi connectivity index (χ2n) is 6.51. The van der Waals surface area contributed by atoms with Gasteiger partial charge in [0.15, 0.2) is 0 Å². The van der Waals surface area contributed by atoms with Gasteiger partial charge in [-0.05, 0) is 42.9 Å². The Kier molecular flexibility index (Phi) is 3.07. The molecule has 108 valence electrons. The quantitative estimate of drug-likeness (QED) is 0.931. The van der Waals surface area contributed by atoms with Crippen molar-refractivity contribution in [3.8, 4) is 0 Å². The van der Waals surface area contributed by atoms with E-state index in [4.69, 9.17) is 0 Å². The predicted octanol–water partition coefficient (Wildman–Crippen LogP) is 3.59. The first-order chi connectivity index (χ1) is 10.3. The molecule has 2 aliphatic rings. The van der Waals surface area contributed by atoms with Crippen LogP contribution in [0.1, 0.15) is 48.4 Å². The predicted molar refractivity (Wildman–Crippen MR) is 83.3 cm³/mol. The van der Waals surface area contributed by atoms with Crippen molar-refractivity contribution in [2.75, 3.05) is 0 Å². The molecule has 1 heterocycles. The number of hydrogen-bond acceptors (Lipinski definition) is 2. The molecule has 2 heteroatoms. The minimum absolute atomic E-state index is 0.0505. The van der Waals surface area contributed by atoms with Gasteiger partial charge in [0.2, 0.25) is 0 Å². The second kappa shape index (κ2) is 4.96. The maximum Gasteiger partial charge on any atom is 0.0720 e. The van der Waals surface area contributed by atoms with Gasteiger partial charge < -0.3 is 5.11 Å². The molecule has 1 N–H and O–H groups in total. The van der Waals surface area contributed by atoms with E-state index in [0.717, 1.165) is 31.4 Å². The molecule has 2 nitrogen and oxygen atoms in total. The maximum absolute atomic E-state index is 11.2. The fourth-order valence-electron chi connectivity index (χ4n) is 4.22. The number of hydrogen-bond donors (Lipinski definition) is 1. The van der Waals surface area contributed by atoms with E-state index in [-0.39, 0.29) is 17.4 Å². The van der Waals surface area contributed by atoms with Crippen LogP contribution >= 0.6 is 0 Å². The van der Waals surface area contributed by atoms with Gasteiger partial charge in [0.05, 0.1) is 6.10 Å². The molecule has 1 aromatic carbocycles. The molecule has 21 heavy (non-hydrogen) atoms. The lowest BCUT2D eigenvalue weighted by atomic mass is 9.58. The fraction of sp³-hybridized carbons (Fsp3) is 0.421. The minimum atomic E-state index is -0.315. The van der Waals surface area contributed by atoms with Crippen LogP contribution in [0.15, 0.2) is 48.7 Å². The summed E-state index contributed by atoms with van der Waals surface area (Å²) in [5, 5.41) is 11.2. The molecule has 0 spiro atoms. The van der Waals surface area contributed by atoms with Crippen LogP contribution in [0, 0.1) is 0 Å². The first-order valence-corrected chi connectivity index (χ1v) is 7.99. The summed E-state index contributed by atoms with van der Waals surface area (Å²) in [6, 6.07) is 14.7. The molecule has 2 unspecified atom stereocenters. The summed E-state index contributed by atoms with van der Waals surface area (Å²) in [7, 11) is 0. The summed E-state index contributed by atoms with van der Waals surface area (Å²) < 4.78 is 0. The zero-order valence-electron chi connectivity index (χ0n) is 12.2. The van der Waals surface area contributed by atoms with Crippen molar-refractivity contribution < 1.29 is 5.11 Å². The highest BCUT2D eigenvalue weighted by Gasteiger charge is 2.49. The third kappa shape index (κ3) is 1.93. The summed E-state index contributed by atoms with van der Waals surface area (Å²) in [5.74, 6) is 0.196. The first-order valence-electron chi connectivity index (χ1n) is 7.99. The number of fused-ring (bicyclic) bond motifs is 1. The zero-order chi connectivity index (χ0) is 14.3. The molecule has 0 saturated heterocycles. The SMILES string of the molecule is OC(C1CCc2cccnc21)C1(c2ccccc2)CCC1. The number of aryl methyl sites for hydroxylation is 1. The fourth-order valence-corrected chi connectivity index (χ4v) is 4.22. The third-order valence-corrected chi connectivity index (χ3v) is 5.54. The normalized spacial score (nSPS) is 24.1. The molecule has 2 atom stereocenters. The topological polar surface area (TPSA) is 33.1 Å².